The van der Waals surface area contributed by atoms with Crippen LogP contribution in [0.25, 0.3) is 0 Å². The fraction of sp³-hybridized carbons (Fsp3) is 0.400. The molecule has 0 unspecified atom stereocenters. The van der Waals surface area contributed by atoms with Gasteiger partial charge < -0.3 is 16.2 Å². The highest BCUT2D eigenvalue weighted by atomic mass is 35.5. The van der Waals surface area contributed by atoms with Gasteiger partial charge in [0.25, 0.3) is 0 Å². The number of hydrogen-bond donors (Lipinski definition) is 3. The Morgan fingerprint density at radius 3 is 2.67 bits per heavy atom. The molecule has 1 rings (SSSR count). The summed E-state index contributed by atoms with van der Waals surface area (Å²) in [6.45, 7) is 3.61. The van der Waals surface area contributed by atoms with E-state index in [1.807, 2.05) is 0 Å². The first-order chi connectivity index (χ1) is 6.79. The van der Waals surface area contributed by atoms with Gasteiger partial charge in [-0.05, 0) is 19.9 Å². The fourth-order valence-corrected chi connectivity index (χ4v) is 1.19. The van der Waals surface area contributed by atoms with Crippen LogP contribution in [0.2, 0.25) is 5.02 Å². The Morgan fingerprint density at radius 1 is 1.53 bits per heavy atom. The molecule has 0 aliphatic carbocycles. The van der Waals surface area contributed by atoms with E-state index in [4.69, 9.17) is 17.3 Å². The molecule has 0 aliphatic rings. The molecule has 0 spiro atoms. The van der Waals surface area contributed by atoms with E-state index in [1.165, 1.54) is 6.07 Å². The molecular formula is C10H14ClFN2O. The van der Waals surface area contributed by atoms with E-state index in [9.17, 15) is 9.50 Å². The summed E-state index contributed by atoms with van der Waals surface area (Å²) in [4.78, 5) is 0. The van der Waals surface area contributed by atoms with Crippen molar-refractivity contribution in [3.05, 3.63) is 23.0 Å². The van der Waals surface area contributed by atoms with Crippen molar-refractivity contribution >= 4 is 23.0 Å². The monoisotopic (exact) mass is 232 g/mol. The van der Waals surface area contributed by atoms with Crippen LogP contribution in [-0.2, 0) is 0 Å². The first-order valence-corrected chi connectivity index (χ1v) is 4.88. The average molecular weight is 233 g/mol. The highest BCUT2D eigenvalue weighted by Gasteiger charge is 2.13. The Labute approximate surface area is 93.0 Å². The minimum absolute atomic E-state index is 0.00226. The third kappa shape index (κ3) is 3.57. The molecule has 0 radical (unpaired) electrons. The largest absolute Gasteiger partial charge is 0.397 e. The van der Waals surface area contributed by atoms with Crippen LogP contribution in [0.15, 0.2) is 12.1 Å². The first kappa shape index (κ1) is 12.1. The maximum Gasteiger partial charge on any atom is 0.143 e. The van der Waals surface area contributed by atoms with E-state index in [2.05, 4.69) is 5.32 Å². The van der Waals surface area contributed by atoms with Crippen molar-refractivity contribution in [2.24, 2.45) is 0 Å². The maximum absolute atomic E-state index is 12.9. The molecule has 1 aromatic carbocycles. The van der Waals surface area contributed by atoms with Crippen molar-refractivity contribution < 1.29 is 9.50 Å². The maximum atomic E-state index is 12.9. The van der Waals surface area contributed by atoms with Crippen molar-refractivity contribution in [2.75, 3.05) is 17.6 Å². The van der Waals surface area contributed by atoms with Gasteiger partial charge in [0, 0.05) is 12.6 Å². The number of nitrogens with one attached hydrogen (secondary N) is 1. The van der Waals surface area contributed by atoms with Crippen molar-refractivity contribution in [3.8, 4) is 0 Å². The van der Waals surface area contributed by atoms with Crippen LogP contribution in [0, 0.1) is 5.82 Å². The summed E-state index contributed by atoms with van der Waals surface area (Å²) < 4.78 is 12.9. The minimum Gasteiger partial charge on any atom is -0.397 e. The number of nitrogens with two attached hydrogens (primary N) is 1. The summed E-state index contributed by atoms with van der Waals surface area (Å²) in [6.07, 6.45) is 0. The van der Waals surface area contributed by atoms with Gasteiger partial charge in [0.05, 0.1) is 22.0 Å². The molecule has 3 nitrogen and oxygen atoms in total. The lowest BCUT2D eigenvalue weighted by molar-refractivity contribution is 0.0945. The molecule has 0 aliphatic heterocycles. The van der Waals surface area contributed by atoms with Gasteiger partial charge in [0.2, 0.25) is 0 Å². The zero-order chi connectivity index (χ0) is 11.6. The number of anilines is 2. The summed E-state index contributed by atoms with van der Waals surface area (Å²) in [6, 6.07) is 2.55. The van der Waals surface area contributed by atoms with Crippen LogP contribution in [0.3, 0.4) is 0 Å². The van der Waals surface area contributed by atoms with Gasteiger partial charge in [0.15, 0.2) is 0 Å². The lowest BCUT2D eigenvalue weighted by atomic mass is 10.1. The van der Waals surface area contributed by atoms with Crippen LogP contribution in [-0.4, -0.2) is 17.3 Å². The lowest BCUT2D eigenvalue weighted by Crippen LogP contribution is -2.29. The lowest BCUT2D eigenvalue weighted by Gasteiger charge is -2.19. The van der Waals surface area contributed by atoms with E-state index in [-0.39, 0.29) is 10.7 Å². The van der Waals surface area contributed by atoms with Gasteiger partial charge in [-0.15, -0.1) is 0 Å². The molecule has 1 aromatic rings. The van der Waals surface area contributed by atoms with E-state index < -0.39 is 11.4 Å². The second kappa shape index (κ2) is 4.24. The van der Waals surface area contributed by atoms with Gasteiger partial charge in [-0.25, -0.2) is 4.39 Å². The van der Waals surface area contributed by atoms with Crippen LogP contribution in [0.4, 0.5) is 15.8 Å². The van der Waals surface area contributed by atoms with E-state index in [0.29, 0.717) is 12.2 Å². The van der Waals surface area contributed by atoms with Crippen LogP contribution < -0.4 is 11.1 Å². The van der Waals surface area contributed by atoms with Gasteiger partial charge in [-0.1, -0.05) is 11.6 Å². The Balaban J connectivity index is 2.82. The number of nitrogen functional groups attached to an aromatic ring is 1. The first-order valence-electron chi connectivity index (χ1n) is 4.50. The highest BCUT2D eigenvalue weighted by molar-refractivity contribution is 6.31. The number of hydrogen-bond acceptors (Lipinski definition) is 3. The molecule has 0 bridgehead atoms. The number of rotatable bonds is 3. The smallest absolute Gasteiger partial charge is 0.143 e. The fourth-order valence-electron chi connectivity index (χ4n) is 1.03. The number of aliphatic hydroxyl groups is 1. The molecule has 0 atom stereocenters. The molecular weight excluding hydrogens is 219 g/mol. The predicted molar refractivity (Wildman–Crippen MR) is 60.6 cm³/mol. The van der Waals surface area contributed by atoms with Crippen molar-refractivity contribution in [1.29, 1.82) is 0 Å². The van der Waals surface area contributed by atoms with Gasteiger partial charge in [0.1, 0.15) is 5.82 Å². The molecule has 84 valence electrons. The summed E-state index contributed by atoms with van der Waals surface area (Å²) >= 11 is 5.60. The Kier molecular flexibility index (Phi) is 3.42. The van der Waals surface area contributed by atoms with Gasteiger partial charge >= 0.3 is 0 Å². The summed E-state index contributed by atoms with van der Waals surface area (Å²) in [5, 5.41) is 12.4. The standard InChI is InChI=1S/C10H14ClFN2O/c1-10(2,15)5-14-9-3-6(11)7(12)4-8(9)13/h3-4,14-15H,5,13H2,1-2H3. The normalized spacial score (nSPS) is 11.5. The Morgan fingerprint density at radius 2 is 2.13 bits per heavy atom. The zero-order valence-corrected chi connectivity index (χ0v) is 9.40. The zero-order valence-electron chi connectivity index (χ0n) is 8.64. The molecule has 0 aromatic heterocycles. The van der Waals surface area contributed by atoms with E-state index in [1.54, 1.807) is 13.8 Å². The summed E-state index contributed by atoms with van der Waals surface area (Å²) in [7, 11) is 0. The van der Waals surface area contributed by atoms with Crippen LogP contribution in [0.1, 0.15) is 13.8 Å². The van der Waals surface area contributed by atoms with Gasteiger partial charge in [-0.3, -0.25) is 0 Å². The summed E-state index contributed by atoms with van der Waals surface area (Å²) in [5.41, 5.74) is 5.49. The minimum atomic E-state index is -0.868. The van der Waals surface area contributed by atoms with Gasteiger partial charge in [-0.2, -0.15) is 0 Å². The Bertz CT molecular complexity index is 363. The van der Waals surface area contributed by atoms with Crippen molar-refractivity contribution in [3.63, 3.8) is 0 Å². The van der Waals surface area contributed by atoms with E-state index in [0.717, 1.165) is 6.07 Å². The van der Waals surface area contributed by atoms with Crippen molar-refractivity contribution in [1.82, 2.24) is 0 Å². The number of benzene rings is 1. The third-order valence-corrected chi connectivity index (χ3v) is 2.09. The van der Waals surface area contributed by atoms with Crippen LogP contribution in [0.5, 0.6) is 0 Å². The second-order valence-electron chi connectivity index (χ2n) is 4.02. The molecule has 0 saturated carbocycles. The molecule has 0 amide bonds. The molecule has 5 heteroatoms. The van der Waals surface area contributed by atoms with Crippen LogP contribution >= 0.6 is 11.6 Å². The van der Waals surface area contributed by atoms with E-state index >= 15 is 0 Å². The van der Waals surface area contributed by atoms with Crippen molar-refractivity contribution in [2.45, 2.75) is 19.4 Å². The summed E-state index contributed by atoms with van der Waals surface area (Å²) in [5.74, 6) is -0.553. The third-order valence-electron chi connectivity index (χ3n) is 1.80. The molecule has 0 saturated heterocycles. The average Bonchev–Trinajstić information content (AvgIpc) is 2.07. The number of halogens is 2. The second-order valence-corrected chi connectivity index (χ2v) is 4.43. The Hall–Kier alpha value is -1.00. The molecule has 0 heterocycles. The SMILES string of the molecule is CC(C)(O)CNc1cc(Cl)c(F)cc1N. The highest BCUT2D eigenvalue weighted by Crippen LogP contribution is 2.26. The quantitative estimate of drug-likeness (QED) is 0.701. The predicted octanol–water partition coefficient (Wildman–Crippen LogP) is 2.24. The topological polar surface area (TPSA) is 58.3 Å². The molecule has 15 heavy (non-hydrogen) atoms. The molecule has 0 fully saturated rings. The molecule has 4 N–H and O–H groups in total.